The Kier molecular flexibility index (Phi) is 5.90. The zero-order chi connectivity index (χ0) is 10.4. The van der Waals surface area contributed by atoms with E-state index in [4.69, 9.17) is 0 Å². The molecule has 84 valence electrons. The van der Waals surface area contributed by atoms with Crippen molar-refractivity contribution in [2.45, 2.75) is 57.7 Å². The molecule has 0 aromatic rings. The molecule has 0 amide bonds. The Morgan fingerprint density at radius 3 is 2.79 bits per heavy atom. The molecule has 2 N–H and O–H groups in total. The summed E-state index contributed by atoms with van der Waals surface area (Å²) in [6, 6.07) is 0.869. The molecule has 0 aromatic carbocycles. The lowest BCUT2D eigenvalue weighted by Crippen LogP contribution is -2.46. The van der Waals surface area contributed by atoms with Crippen LogP contribution in [0.4, 0.5) is 0 Å². The van der Waals surface area contributed by atoms with Gasteiger partial charge in [0.1, 0.15) is 0 Å². The van der Waals surface area contributed by atoms with Crippen LogP contribution in [0, 0.1) is 0 Å². The maximum atomic E-state index is 9.77. The first-order valence-electron chi connectivity index (χ1n) is 5.76. The van der Waals surface area contributed by atoms with Crippen LogP contribution in [0.5, 0.6) is 0 Å². The van der Waals surface area contributed by atoms with Gasteiger partial charge in [0.2, 0.25) is 0 Å². The average Bonchev–Trinajstić information content (AvgIpc) is 2.18. The summed E-state index contributed by atoms with van der Waals surface area (Å²) in [6.45, 7) is 4.40. The number of hydrogen-bond donors (Lipinski definition) is 2. The van der Waals surface area contributed by atoms with Gasteiger partial charge >= 0.3 is 0 Å². The minimum Gasteiger partial charge on any atom is -0.392 e. The molecule has 1 aliphatic rings. The first-order valence-corrected chi connectivity index (χ1v) is 6.91. The molecular weight excluding hydrogens is 194 g/mol. The zero-order valence-corrected chi connectivity index (χ0v) is 10.1. The number of hydrogen-bond acceptors (Lipinski definition) is 3. The van der Waals surface area contributed by atoms with Gasteiger partial charge in [0.15, 0.2) is 0 Å². The summed E-state index contributed by atoms with van der Waals surface area (Å²) in [5, 5.41) is 13.3. The number of rotatable bonds is 5. The van der Waals surface area contributed by atoms with E-state index in [2.05, 4.69) is 19.2 Å². The van der Waals surface area contributed by atoms with E-state index in [1.165, 1.54) is 18.6 Å². The van der Waals surface area contributed by atoms with Gasteiger partial charge in [0.05, 0.1) is 6.10 Å². The predicted molar refractivity (Wildman–Crippen MR) is 63.9 cm³/mol. The molecule has 0 radical (unpaired) electrons. The maximum Gasteiger partial charge on any atom is 0.0693 e. The Bertz CT molecular complexity index is 154. The van der Waals surface area contributed by atoms with Crippen LogP contribution in [0.15, 0.2) is 0 Å². The highest BCUT2D eigenvalue weighted by Crippen LogP contribution is 2.19. The van der Waals surface area contributed by atoms with E-state index in [1.54, 1.807) is 0 Å². The van der Waals surface area contributed by atoms with Crippen molar-refractivity contribution in [2.75, 3.05) is 11.5 Å². The second-order valence-corrected chi connectivity index (χ2v) is 5.50. The van der Waals surface area contributed by atoms with Crippen molar-refractivity contribution in [1.29, 1.82) is 0 Å². The molecule has 1 saturated carbocycles. The lowest BCUT2D eigenvalue weighted by molar-refractivity contribution is 0.0873. The molecule has 3 atom stereocenters. The average molecular weight is 217 g/mol. The van der Waals surface area contributed by atoms with Gasteiger partial charge in [-0.2, -0.15) is 11.8 Å². The number of nitrogens with one attached hydrogen (secondary N) is 1. The molecule has 1 aliphatic carbocycles. The Hall–Kier alpha value is 0.270. The molecule has 1 fully saturated rings. The molecule has 1 rings (SSSR count). The highest BCUT2D eigenvalue weighted by atomic mass is 32.2. The predicted octanol–water partition coefficient (Wildman–Crippen LogP) is 2.02. The van der Waals surface area contributed by atoms with Crippen molar-refractivity contribution < 1.29 is 5.11 Å². The van der Waals surface area contributed by atoms with Crippen LogP contribution in [-0.4, -0.2) is 34.8 Å². The van der Waals surface area contributed by atoms with E-state index >= 15 is 0 Å². The van der Waals surface area contributed by atoms with Crippen LogP contribution in [-0.2, 0) is 0 Å². The van der Waals surface area contributed by atoms with E-state index in [1.807, 2.05) is 11.8 Å². The molecule has 0 aromatic heterocycles. The molecule has 3 heteroatoms. The first-order chi connectivity index (χ1) is 6.74. The summed E-state index contributed by atoms with van der Waals surface area (Å²) in [6.07, 6.45) is 4.46. The smallest absolute Gasteiger partial charge is 0.0693 e. The maximum absolute atomic E-state index is 9.77. The SMILES string of the molecule is CCSCC(C)N[C@@H]1CCCC[C@H]1O. The first kappa shape index (κ1) is 12.3. The summed E-state index contributed by atoms with van der Waals surface area (Å²) >= 11 is 1.96. The van der Waals surface area contributed by atoms with E-state index in [9.17, 15) is 5.11 Å². The van der Waals surface area contributed by atoms with Crippen LogP contribution >= 0.6 is 11.8 Å². The van der Waals surface area contributed by atoms with Crippen LogP contribution in [0.1, 0.15) is 39.5 Å². The quantitative estimate of drug-likeness (QED) is 0.739. The van der Waals surface area contributed by atoms with E-state index in [-0.39, 0.29) is 6.10 Å². The third-order valence-corrected chi connectivity index (χ3v) is 3.94. The van der Waals surface area contributed by atoms with Gasteiger partial charge < -0.3 is 10.4 Å². The lowest BCUT2D eigenvalue weighted by Gasteiger charge is -2.31. The fraction of sp³-hybridized carbons (Fsp3) is 1.00. The van der Waals surface area contributed by atoms with Crippen LogP contribution < -0.4 is 5.32 Å². The molecule has 0 bridgehead atoms. The van der Waals surface area contributed by atoms with Gasteiger partial charge in [-0.25, -0.2) is 0 Å². The fourth-order valence-corrected chi connectivity index (χ4v) is 2.70. The van der Waals surface area contributed by atoms with Crippen molar-refractivity contribution in [3.05, 3.63) is 0 Å². The monoisotopic (exact) mass is 217 g/mol. The normalized spacial score (nSPS) is 30.2. The van der Waals surface area contributed by atoms with Crippen molar-refractivity contribution in [3.8, 4) is 0 Å². The van der Waals surface area contributed by atoms with Gasteiger partial charge in [-0.05, 0) is 25.5 Å². The van der Waals surface area contributed by atoms with Crippen molar-refractivity contribution in [2.24, 2.45) is 0 Å². The molecule has 0 heterocycles. The van der Waals surface area contributed by atoms with E-state index < -0.39 is 0 Å². The van der Waals surface area contributed by atoms with Crippen molar-refractivity contribution in [1.82, 2.24) is 5.32 Å². The summed E-state index contributed by atoms with van der Waals surface area (Å²) < 4.78 is 0. The highest BCUT2D eigenvalue weighted by molar-refractivity contribution is 7.99. The third kappa shape index (κ3) is 4.20. The molecule has 0 saturated heterocycles. The number of aliphatic hydroxyl groups is 1. The second kappa shape index (κ2) is 6.70. The van der Waals surface area contributed by atoms with Crippen LogP contribution in [0.3, 0.4) is 0 Å². The summed E-state index contributed by atoms with van der Waals surface area (Å²) in [4.78, 5) is 0. The topological polar surface area (TPSA) is 32.3 Å². The molecule has 1 unspecified atom stereocenters. The van der Waals surface area contributed by atoms with Gasteiger partial charge in [-0.15, -0.1) is 0 Å². The molecule has 0 spiro atoms. The minimum atomic E-state index is -0.113. The lowest BCUT2D eigenvalue weighted by atomic mass is 9.92. The molecular formula is C11H23NOS. The van der Waals surface area contributed by atoms with E-state index in [0.29, 0.717) is 12.1 Å². The van der Waals surface area contributed by atoms with Crippen LogP contribution in [0.2, 0.25) is 0 Å². The Balaban J connectivity index is 2.20. The summed E-state index contributed by atoms with van der Waals surface area (Å²) in [7, 11) is 0. The van der Waals surface area contributed by atoms with Crippen molar-refractivity contribution >= 4 is 11.8 Å². The zero-order valence-electron chi connectivity index (χ0n) is 9.33. The fourth-order valence-electron chi connectivity index (χ4n) is 2.01. The summed E-state index contributed by atoms with van der Waals surface area (Å²) in [5.41, 5.74) is 0. The minimum absolute atomic E-state index is 0.113. The van der Waals surface area contributed by atoms with Gasteiger partial charge in [-0.1, -0.05) is 19.8 Å². The summed E-state index contributed by atoms with van der Waals surface area (Å²) in [5.74, 6) is 2.33. The number of thioether (sulfide) groups is 1. The largest absolute Gasteiger partial charge is 0.392 e. The van der Waals surface area contributed by atoms with Gasteiger partial charge in [0.25, 0.3) is 0 Å². The number of aliphatic hydroxyl groups excluding tert-OH is 1. The Morgan fingerprint density at radius 1 is 1.43 bits per heavy atom. The third-order valence-electron chi connectivity index (χ3n) is 2.80. The van der Waals surface area contributed by atoms with E-state index in [0.717, 1.165) is 18.6 Å². The van der Waals surface area contributed by atoms with Crippen LogP contribution in [0.25, 0.3) is 0 Å². The standard InChI is InChI=1S/C11H23NOS/c1-3-14-8-9(2)12-10-6-4-5-7-11(10)13/h9-13H,3-8H2,1-2H3/t9?,10-,11-/m1/s1. The van der Waals surface area contributed by atoms with Gasteiger partial charge in [-0.3, -0.25) is 0 Å². The van der Waals surface area contributed by atoms with Crippen molar-refractivity contribution in [3.63, 3.8) is 0 Å². The molecule has 2 nitrogen and oxygen atoms in total. The molecule has 14 heavy (non-hydrogen) atoms. The molecule has 0 aliphatic heterocycles. The highest BCUT2D eigenvalue weighted by Gasteiger charge is 2.23. The Labute approximate surface area is 91.9 Å². The van der Waals surface area contributed by atoms with Gasteiger partial charge in [0, 0.05) is 17.8 Å². The second-order valence-electron chi connectivity index (χ2n) is 4.19. The Morgan fingerprint density at radius 2 is 2.14 bits per heavy atom.